The Hall–Kier alpha value is -1.58. The second kappa shape index (κ2) is 19.7. The maximum absolute atomic E-state index is 11.5. The summed E-state index contributed by atoms with van der Waals surface area (Å²) in [6.07, 6.45) is 23.0. The van der Waals surface area contributed by atoms with Crippen LogP contribution in [0.4, 0.5) is 0 Å². The van der Waals surface area contributed by atoms with Gasteiger partial charge in [-0.15, -0.1) is 0 Å². The van der Waals surface area contributed by atoms with E-state index in [4.69, 9.17) is 0 Å². The number of amides is 1. The van der Waals surface area contributed by atoms with Gasteiger partial charge in [-0.05, 0) is 51.4 Å². The largest absolute Gasteiger partial charge is 0.550 e. The van der Waals surface area contributed by atoms with Crippen LogP contribution in [0.1, 0.15) is 96.8 Å². The highest BCUT2D eigenvalue weighted by atomic mass is 16.4. The van der Waals surface area contributed by atoms with Crippen molar-refractivity contribution in [2.45, 2.75) is 96.8 Å². The lowest BCUT2D eigenvalue weighted by molar-refractivity contribution is -0.305. The van der Waals surface area contributed by atoms with Crippen LogP contribution in [0.25, 0.3) is 0 Å². The van der Waals surface area contributed by atoms with Crippen molar-refractivity contribution in [3.05, 3.63) is 24.3 Å². The fourth-order valence-electron chi connectivity index (χ4n) is 2.65. The number of hydrogen-bond acceptors (Lipinski definition) is 3. The summed E-state index contributed by atoms with van der Waals surface area (Å²) in [5.74, 6) is -1.04. The van der Waals surface area contributed by atoms with E-state index in [1.807, 2.05) is 0 Å². The minimum Gasteiger partial charge on any atom is -0.550 e. The van der Waals surface area contributed by atoms with E-state index in [9.17, 15) is 14.7 Å². The van der Waals surface area contributed by atoms with Gasteiger partial charge in [0.25, 0.3) is 0 Å². The molecule has 0 aromatic heterocycles. The molecule has 0 saturated heterocycles. The summed E-state index contributed by atoms with van der Waals surface area (Å²) in [5, 5.41) is 13.0. The average Bonchev–Trinajstić information content (AvgIpc) is 2.62. The number of carbonyl (C=O) groups excluding carboxylic acids is 2. The maximum atomic E-state index is 11.5. The van der Waals surface area contributed by atoms with Crippen LogP contribution >= 0.6 is 0 Å². The summed E-state index contributed by atoms with van der Waals surface area (Å²) >= 11 is 0. The van der Waals surface area contributed by atoms with E-state index in [1.165, 1.54) is 44.9 Å². The Bertz CT molecular complexity index is 402. The normalized spacial score (nSPS) is 11.4. The minimum atomic E-state index is -1.06. The van der Waals surface area contributed by atoms with E-state index in [0.29, 0.717) is 19.4 Å². The first-order chi connectivity index (χ1) is 12.7. The summed E-state index contributed by atoms with van der Waals surface area (Å²) in [5.41, 5.74) is 0. The zero-order valence-corrected chi connectivity index (χ0v) is 16.6. The van der Waals surface area contributed by atoms with Crippen molar-refractivity contribution in [3.8, 4) is 0 Å². The molecule has 0 bridgehead atoms. The van der Waals surface area contributed by atoms with Gasteiger partial charge in [0.2, 0.25) is 5.91 Å². The van der Waals surface area contributed by atoms with Gasteiger partial charge in [0.15, 0.2) is 0 Å². The van der Waals surface area contributed by atoms with Gasteiger partial charge >= 0.3 is 0 Å². The molecule has 0 heterocycles. The SMILES string of the molecule is CCCCC/C=C\C/C=C\CCCCCCCC(=O)NCCCC(=O)[O-]. The first-order valence-corrected chi connectivity index (χ1v) is 10.4. The highest BCUT2D eigenvalue weighted by Gasteiger charge is 2.00. The Kier molecular flexibility index (Phi) is 18.5. The van der Waals surface area contributed by atoms with Gasteiger partial charge in [-0.1, -0.05) is 63.3 Å². The molecule has 26 heavy (non-hydrogen) atoms. The molecule has 4 nitrogen and oxygen atoms in total. The third-order valence-electron chi connectivity index (χ3n) is 4.23. The molecule has 0 fully saturated rings. The highest BCUT2D eigenvalue weighted by Crippen LogP contribution is 2.08. The number of nitrogens with one attached hydrogen (secondary N) is 1. The number of unbranched alkanes of at least 4 members (excludes halogenated alkanes) is 8. The molecule has 0 aliphatic rings. The first-order valence-electron chi connectivity index (χ1n) is 10.4. The first kappa shape index (κ1) is 24.4. The number of carbonyl (C=O) groups is 2. The zero-order valence-electron chi connectivity index (χ0n) is 16.6. The molecule has 0 rings (SSSR count). The van der Waals surface area contributed by atoms with E-state index in [1.54, 1.807) is 0 Å². The summed E-state index contributed by atoms with van der Waals surface area (Å²) in [6, 6.07) is 0. The van der Waals surface area contributed by atoms with E-state index in [0.717, 1.165) is 25.7 Å². The van der Waals surface area contributed by atoms with Crippen LogP contribution in [0.15, 0.2) is 24.3 Å². The Balaban J connectivity index is 3.29. The number of allylic oxidation sites excluding steroid dienone is 4. The van der Waals surface area contributed by atoms with Gasteiger partial charge in [-0.2, -0.15) is 0 Å². The molecular formula is C22H38NO3-. The summed E-state index contributed by atoms with van der Waals surface area (Å²) < 4.78 is 0. The van der Waals surface area contributed by atoms with Gasteiger partial charge in [0, 0.05) is 18.9 Å². The molecule has 0 atom stereocenters. The second-order valence-electron chi connectivity index (χ2n) is 6.81. The molecule has 1 N–H and O–H groups in total. The molecule has 1 amide bonds. The van der Waals surface area contributed by atoms with E-state index >= 15 is 0 Å². The van der Waals surface area contributed by atoms with Crippen molar-refractivity contribution in [2.75, 3.05) is 6.54 Å². The van der Waals surface area contributed by atoms with Gasteiger partial charge in [0.05, 0.1) is 0 Å². The third-order valence-corrected chi connectivity index (χ3v) is 4.23. The standard InChI is InChI=1S/C22H39NO3/c1-2-3-4-5-6-7-8-9-10-11-12-13-14-15-16-18-21(24)23-20-17-19-22(25)26/h6-7,9-10H,2-5,8,11-20H2,1H3,(H,23,24)(H,25,26)/p-1/b7-6-,10-9-. The van der Waals surface area contributed by atoms with Crippen molar-refractivity contribution < 1.29 is 14.7 Å². The van der Waals surface area contributed by atoms with Gasteiger partial charge in [0.1, 0.15) is 0 Å². The molecule has 0 saturated carbocycles. The van der Waals surface area contributed by atoms with Crippen molar-refractivity contribution in [3.63, 3.8) is 0 Å². The Morgan fingerprint density at radius 3 is 2.04 bits per heavy atom. The molecule has 0 unspecified atom stereocenters. The smallest absolute Gasteiger partial charge is 0.219 e. The number of carboxylic acids is 1. The lowest BCUT2D eigenvalue weighted by Gasteiger charge is -2.05. The molecule has 0 aromatic carbocycles. The molecule has 0 aromatic rings. The number of rotatable bonds is 18. The predicted octanol–water partition coefficient (Wildman–Crippen LogP) is 4.45. The maximum Gasteiger partial charge on any atom is 0.219 e. The number of hydrogen-bond donors (Lipinski definition) is 1. The monoisotopic (exact) mass is 364 g/mol. The summed E-state index contributed by atoms with van der Waals surface area (Å²) in [6.45, 7) is 2.65. The lowest BCUT2D eigenvalue weighted by atomic mass is 10.1. The van der Waals surface area contributed by atoms with Crippen LogP contribution in [0.2, 0.25) is 0 Å². The average molecular weight is 365 g/mol. The molecular weight excluding hydrogens is 326 g/mol. The van der Waals surface area contributed by atoms with Gasteiger partial charge in [-0.25, -0.2) is 0 Å². The van der Waals surface area contributed by atoms with Gasteiger partial charge in [-0.3, -0.25) is 4.79 Å². The molecule has 150 valence electrons. The predicted molar refractivity (Wildman–Crippen MR) is 107 cm³/mol. The summed E-state index contributed by atoms with van der Waals surface area (Å²) in [7, 11) is 0. The summed E-state index contributed by atoms with van der Waals surface area (Å²) in [4.78, 5) is 21.8. The fraction of sp³-hybridized carbons (Fsp3) is 0.727. The molecule has 0 aliphatic carbocycles. The fourth-order valence-corrected chi connectivity index (χ4v) is 2.65. The quantitative estimate of drug-likeness (QED) is 0.289. The van der Waals surface area contributed by atoms with E-state index in [-0.39, 0.29) is 12.3 Å². The van der Waals surface area contributed by atoms with E-state index in [2.05, 4.69) is 36.5 Å². The Morgan fingerprint density at radius 1 is 0.769 bits per heavy atom. The second-order valence-corrected chi connectivity index (χ2v) is 6.81. The van der Waals surface area contributed by atoms with Crippen LogP contribution in [0.5, 0.6) is 0 Å². The Morgan fingerprint density at radius 2 is 1.38 bits per heavy atom. The molecule has 0 radical (unpaired) electrons. The van der Waals surface area contributed by atoms with Crippen molar-refractivity contribution >= 4 is 11.9 Å². The molecule has 0 aliphatic heterocycles. The van der Waals surface area contributed by atoms with Crippen LogP contribution < -0.4 is 10.4 Å². The molecule has 0 spiro atoms. The topological polar surface area (TPSA) is 69.2 Å². The minimum absolute atomic E-state index is 0.00394. The highest BCUT2D eigenvalue weighted by molar-refractivity contribution is 5.75. The van der Waals surface area contributed by atoms with Gasteiger partial charge < -0.3 is 15.2 Å². The van der Waals surface area contributed by atoms with E-state index < -0.39 is 5.97 Å². The van der Waals surface area contributed by atoms with Crippen molar-refractivity contribution in [2.24, 2.45) is 0 Å². The van der Waals surface area contributed by atoms with Crippen LogP contribution in [0.3, 0.4) is 0 Å². The van der Waals surface area contributed by atoms with Crippen molar-refractivity contribution in [1.82, 2.24) is 5.32 Å². The van der Waals surface area contributed by atoms with Crippen molar-refractivity contribution in [1.29, 1.82) is 0 Å². The van der Waals surface area contributed by atoms with Crippen LogP contribution in [-0.2, 0) is 9.59 Å². The lowest BCUT2D eigenvalue weighted by Crippen LogP contribution is -2.27. The third kappa shape index (κ3) is 20.5. The molecule has 4 heteroatoms. The van der Waals surface area contributed by atoms with Crippen LogP contribution in [-0.4, -0.2) is 18.4 Å². The Labute approximate surface area is 160 Å². The number of aliphatic carboxylic acids is 1. The van der Waals surface area contributed by atoms with Crippen LogP contribution in [0, 0.1) is 0 Å². The number of carboxylic acid groups (broad SMARTS) is 1. The zero-order chi connectivity index (χ0) is 19.3.